The molecule has 0 radical (unpaired) electrons. The molecule has 0 bridgehead atoms. The summed E-state index contributed by atoms with van der Waals surface area (Å²) in [4.78, 5) is 38.8. The summed E-state index contributed by atoms with van der Waals surface area (Å²) in [7, 11) is 0. The van der Waals surface area contributed by atoms with Gasteiger partial charge in [0, 0.05) is 22.6 Å². The lowest BCUT2D eigenvalue weighted by molar-refractivity contribution is -0.0270. The number of rotatable bonds is 5. The molecule has 2 fully saturated rings. The van der Waals surface area contributed by atoms with Crippen molar-refractivity contribution in [1.82, 2.24) is 9.13 Å². The summed E-state index contributed by atoms with van der Waals surface area (Å²) in [5.41, 5.74) is -3.23. The van der Waals surface area contributed by atoms with Gasteiger partial charge >= 0.3 is 5.69 Å². The lowest BCUT2D eigenvalue weighted by atomic mass is 10.0. The number of aromatic nitrogens is 2. The van der Waals surface area contributed by atoms with Gasteiger partial charge in [0.2, 0.25) is 5.69 Å². The quantitative estimate of drug-likeness (QED) is 0.563. The zero-order valence-corrected chi connectivity index (χ0v) is 21.4. The van der Waals surface area contributed by atoms with Crippen LogP contribution >= 0.6 is 17.1 Å². The van der Waals surface area contributed by atoms with Crippen LogP contribution in [0.3, 0.4) is 0 Å². The third-order valence-electron chi connectivity index (χ3n) is 6.01. The Balaban J connectivity index is 1.56. The van der Waals surface area contributed by atoms with Crippen LogP contribution in [0.1, 0.15) is 49.3 Å². The number of hydrogen-bond donors (Lipinski definition) is 0. The largest absolute Gasteiger partial charge is 0.352 e. The van der Waals surface area contributed by atoms with Gasteiger partial charge in [0.25, 0.3) is 11.5 Å². The molecule has 1 unspecified atom stereocenters. The van der Waals surface area contributed by atoms with Crippen LogP contribution in [0.2, 0.25) is 0 Å². The van der Waals surface area contributed by atoms with Crippen LogP contribution in [-0.2, 0) is 25.6 Å². The maximum atomic E-state index is 13.2. The van der Waals surface area contributed by atoms with Gasteiger partial charge < -0.3 is 13.8 Å². The molecule has 2 aromatic rings. The number of hydrogen-bond acceptors (Lipinski definition) is 8. The van der Waals surface area contributed by atoms with Gasteiger partial charge in [-0.25, -0.2) is 4.79 Å². The van der Waals surface area contributed by atoms with Crippen molar-refractivity contribution in [3.05, 3.63) is 68.5 Å². The summed E-state index contributed by atoms with van der Waals surface area (Å²) in [5.74, 6) is -0.582. The Morgan fingerprint density at radius 1 is 1.24 bits per heavy atom. The van der Waals surface area contributed by atoms with Crippen molar-refractivity contribution in [3.8, 4) is 0 Å². The van der Waals surface area contributed by atoms with Gasteiger partial charge in [-0.3, -0.25) is 14.2 Å². The van der Waals surface area contributed by atoms with Crippen molar-refractivity contribution in [2.75, 3.05) is 6.61 Å². The average Bonchev–Trinajstić information content (AvgIpc) is 3.27. The highest BCUT2D eigenvalue weighted by molar-refractivity contribution is 8.68. The van der Waals surface area contributed by atoms with Gasteiger partial charge in [-0.15, -0.1) is 0 Å². The van der Waals surface area contributed by atoms with Gasteiger partial charge in [0.15, 0.2) is 0 Å². The molecule has 11 heteroatoms. The molecule has 0 saturated carbocycles. The van der Waals surface area contributed by atoms with Gasteiger partial charge in [-0.1, -0.05) is 43.4 Å². The highest BCUT2D eigenvalue weighted by atomic mass is 32.9. The van der Waals surface area contributed by atoms with Crippen LogP contribution in [0.15, 0.2) is 46.1 Å². The SMILES string of the molecule is Cc1cn([C@H]2C[C@H](C)[C@@H](COP3(=S)O[C@H](C)[C@H](C)S3)O2)c(=O)n(C(=O)c2ccccc2)c1=O. The van der Waals surface area contributed by atoms with Crippen molar-refractivity contribution < 1.29 is 18.6 Å². The molecule has 178 valence electrons. The molecule has 2 aliphatic rings. The summed E-state index contributed by atoms with van der Waals surface area (Å²) in [6.07, 6.45) is 1.13. The summed E-state index contributed by atoms with van der Waals surface area (Å²) in [6.45, 7) is 7.91. The van der Waals surface area contributed by atoms with Crippen molar-refractivity contribution in [3.63, 3.8) is 0 Å². The predicted octanol–water partition coefficient (Wildman–Crippen LogP) is 3.71. The Kier molecular flexibility index (Phi) is 7.15. The minimum atomic E-state index is -2.42. The monoisotopic (exact) mass is 510 g/mol. The molecule has 0 aliphatic carbocycles. The van der Waals surface area contributed by atoms with E-state index in [1.54, 1.807) is 48.6 Å². The van der Waals surface area contributed by atoms with E-state index in [4.69, 9.17) is 25.6 Å². The molecule has 4 rings (SSSR count). The van der Waals surface area contributed by atoms with Crippen molar-refractivity contribution >= 4 is 34.8 Å². The number of ether oxygens (including phenoxy) is 1. The van der Waals surface area contributed by atoms with Crippen LogP contribution in [0.5, 0.6) is 0 Å². The fourth-order valence-corrected chi connectivity index (χ4v) is 10.1. The molecule has 0 N–H and O–H groups in total. The number of benzene rings is 1. The Morgan fingerprint density at radius 2 is 1.94 bits per heavy atom. The summed E-state index contributed by atoms with van der Waals surface area (Å²) in [5, 5.41) is 0.273. The van der Waals surface area contributed by atoms with Gasteiger partial charge in [0.05, 0.1) is 18.8 Å². The van der Waals surface area contributed by atoms with Crippen LogP contribution in [0.25, 0.3) is 0 Å². The van der Waals surface area contributed by atoms with E-state index in [9.17, 15) is 14.4 Å². The van der Waals surface area contributed by atoms with E-state index in [0.29, 0.717) is 11.0 Å². The Hall–Kier alpha value is -1.55. The Labute approximate surface area is 201 Å². The van der Waals surface area contributed by atoms with E-state index >= 15 is 0 Å². The number of aryl methyl sites for hydroxylation is 1. The molecule has 2 saturated heterocycles. The smallest absolute Gasteiger partial charge is 0.340 e. The highest BCUT2D eigenvalue weighted by Gasteiger charge is 2.40. The first kappa shape index (κ1) is 24.6. The van der Waals surface area contributed by atoms with Crippen LogP contribution in [-0.4, -0.2) is 39.1 Å². The minimum Gasteiger partial charge on any atom is -0.352 e. The molecule has 0 spiro atoms. The fraction of sp³-hybridized carbons (Fsp3) is 0.500. The first-order chi connectivity index (χ1) is 15.6. The zero-order chi connectivity index (χ0) is 23.9. The van der Waals surface area contributed by atoms with E-state index in [1.807, 2.05) is 13.8 Å². The average molecular weight is 511 g/mol. The summed E-state index contributed by atoms with van der Waals surface area (Å²) < 4.78 is 20.0. The van der Waals surface area contributed by atoms with E-state index < -0.39 is 29.1 Å². The number of carbonyl (C=O) groups excluding carboxylic acids is 1. The van der Waals surface area contributed by atoms with E-state index in [-0.39, 0.29) is 41.1 Å². The molecule has 3 heterocycles. The zero-order valence-electron chi connectivity index (χ0n) is 18.9. The Morgan fingerprint density at radius 3 is 2.58 bits per heavy atom. The van der Waals surface area contributed by atoms with Gasteiger partial charge in [-0.2, -0.15) is 4.57 Å². The van der Waals surface area contributed by atoms with E-state index in [0.717, 1.165) is 0 Å². The van der Waals surface area contributed by atoms with Crippen LogP contribution < -0.4 is 11.2 Å². The fourth-order valence-electron chi connectivity index (χ4n) is 3.87. The standard InChI is InChI=1S/C22H27N2O6PS2/c1-13-10-19(29-18(13)12-28-31(32)30-15(3)16(4)33-31)23-11-14(2)20(25)24(22(23)27)21(26)17-8-6-5-7-9-17/h5-9,11,13,15-16,18-19H,10,12H2,1-4H3/t13-,15+,16-,18+,19+,31?/m0/s1. The second-order valence-electron chi connectivity index (χ2n) is 8.52. The van der Waals surface area contributed by atoms with Gasteiger partial charge in [-0.05, 0) is 50.1 Å². The summed E-state index contributed by atoms with van der Waals surface area (Å²) in [6, 6.07) is 8.26. The number of nitrogens with zero attached hydrogens (tertiary/aromatic N) is 2. The van der Waals surface area contributed by atoms with Crippen molar-refractivity contribution in [1.29, 1.82) is 0 Å². The molecule has 1 aromatic carbocycles. The van der Waals surface area contributed by atoms with E-state index in [2.05, 4.69) is 6.92 Å². The Bertz CT molecular complexity index is 1200. The molecule has 8 nitrogen and oxygen atoms in total. The van der Waals surface area contributed by atoms with Crippen molar-refractivity contribution in [2.24, 2.45) is 5.92 Å². The molecule has 2 aliphatic heterocycles. The molecule has 33 heavy (non-hydrogen) atoms. The van der Waals surface area contributed by atoms with Gasteiger partial charge in [0.1, 0.15) is 6.23 Å². The van der Waals surface area contributed by atoms with E-state index in [1.165, 1.54) is 10.8 Å². The van der Waals surface area contributed by atoms with Crippen LogP contribution in [0, 0.1) is 12.8 Å². The minimum absolute atomic E-state index is 0.0419. The third kappa shape index (κ3) is 4.97. The highest BCUT2D eigenvalue weighted by Crippen LogP contribution is 2.69. The normalized spacial score (nSPS) is 31.7. The first-order valence-corrected chi connectivity index (χ1v) is 14.9. The number of carbonyl (C=O) groups is 1. The first-order valence-electron chi connectivity index (χ1n) is 10.8. The summed E-state index contributed by atoms with van der Waals surface area (Å²) >= 11 is 7.17. The molecule has 6 atom stereocenters. The topological polar surface area (TPSA) is 88.8 Å². The molecule has 1 aromatic heterocycles. The maximum absolute atomic E-state index is 13.2. The second-order valence-corrected chi connectivity index (χ2v) is 15.0. The third-order valence-corrected chi connectivity index (χ3v) is 11.7. The predicted molar refractivity (Wildman–Crippen MR) is 131 cm³/mol. The lowest BCUT2D eigenvalue weighted by Crippen LogP contribution is -2.45. The molecular weight excluding hydrogens is 483 g/mol. The second kappa shape index (κ2) is 9.60. The van der Waals surface area contributed by atoms with Crippen LogP contribution in [0.4, 0.5) is 0 Å². The molecular formula is C22H27N2O6PS2. The van der Waals surface area contributed by atoms with Crippen molar-refractivity contribution in [2.45, 2.75) is 57.8 Å². The maximum Gasteiger partial charge on any atom is 0.340 e. The molecule has 0 amide bonds. The lowest BCUT2D eigenvalue weighted by Gasteiger charge is -2.21.